The number of hydrogen-bond donors (Lipinski definition) is 0. The van der Waals surface area contributed by atoms with E-state index in [-0.39, 0.29) is 4.90 Å². The minimum Gasteiger partial charge on any atom is -0.377 e. The molecule has 0 saturated carbocycles. The Labute approximate surface area is 142 Å². The maximum absolute atomic E-state index is 11.7. The molecule has 0 N–H and O–H groups in total. The first kappa shape index (κ1) is 17.3. The molecule has 2 aromatic heterocycles. The highest BCUT2D eigenvalue weighted by Crippen LogP contribution is 2.17. The van der Waals surface area contributed by atoms with Crippen molar-refractivity contribution in [2.45, 2.75) is 43.7 Å². The summed E-state index contributed by atoms with van der Waals surface area (Å²) in [6.07, 6.45) is 9.77. The lowest BCUT2D eigenvalue weighted by Gasteiger charge is -2.24. The van der Waals surface area contributed by atoms with E-state index in [9.17, 15) is 8.42 Å². The number of aromatic nitrogens is 3. The maximum Gasteiger partial charge on any atom is 0.180 e. The van der Waals surface area contributed by atoms with Gasteiger partial charge >= 0.3 is 0 Å². The Morgan fingerprint density at radius 3 is 2.92 bits per heavy atom. The summed E-state index contributed by atoms with van der Waals surface area (Å²) in [6, 6.07) is 0. The van der Waals surface area contributed by atoms with E-state index < -0.39 is 9.84 Å². The minimum absolute atomic E-state index is 0.166. The molecule has 0 amide bonds. The number of ether oxygens (including phenoxy) is 1. The fourth-order valence-electron chi connectivity index (χ4n) is 3.12. The number of nitrogens with zero attached hydrogens (tertiary/aromatic N) is 4. The van der Waals surface area contributed by atoms with Crippen LogP contribution < -0.4 is 0 Å². The zero-order valence-corrected chi connectivity index (χ0v) is 15.0. The predicted octanol–water partition coefficient (Wildman–Crippen LogP) is 1.52. The third-order valence-corrected chi connectivity index (χ3v) is 5.30. The van der Waals surface area contributed by atoms with Crippen molar-refractivity contribution in [1.82, 2.24) is 19.5 Å². The van der Waals surface area contributed by atoms with Crippen LogP contribution in [0.25, 0.3) is 5.65 Å². The Bertz CT molecular complexity index is 797. The predicted molar refractivity (Wildman–Crippen MR) is 90.6 cm³/mol. The van der Waals surface area contributed by atoms with Gasteiger partial charge in [-0.3, -0.25) is 4.90 Å². The highest BCUT2D eigenvalue weighted by molar-refractivity contribution is 7.90. The van der Waals surface area contributed by atoms with Crippen LogP contribution in [0.1, 0.15) is 31.7 Å². The molecule has 0 radical (unpaired) electrons. The van der Waals surface area contributed by atoms with Gasteiger partial charge in [-0.25, -0.2) is 17.9 Å². The van der Waals surface area contributed by atoms with Crippen LogP contribution in [0.3, 0.4) is 0 Å². The van der Waals surface area contributed by atoms with E-state index in [0.717, 1.165) is 51.1 Å². The summed E-state index contributed by atoms with van der Waals surface area (Å²) in [5.74, 6) is 0. The first-order chi connectivity index (χ1) is 11.5. The average molecular weight is 352 g/mol. The smallest absolute Gasteiger partial charge is 0.180 e. The molecule has 0 aromatic carbocycles. The number of hydrogen-bond acceptors (Lipinski definition) is 6. The van der Waals surface area contributed by atoms with E-state index in [0.29, 0.717) is 11.8 Å². The lowest BCUT2D eigenvalue weighted by Crippen LogP contribution is -2.32. The Balaban J connectivity index is 1.77. The van der Waals surface area contributed by atoms with Crippen molar-refractivity contribution in [3.63, 3.8) is 0 Å². The molecule has 24 heavy (non-hydrogen) atoms. The fraction of sp³-hybridized carbons (Fsp3) is 0.625. The van der Waals surface area contributed by atoms with Gasteiger partial charge in [0.25, 0.3) is 0 Å². The summed E-state index contributed by atoms with van der Waals surface area (Å²) in [5, 5.41) is 4.13. The van der Waals surface area contributed by atoms with Crippen molar-refractivity contribution < 1.29 is 13.2 Å². The van der Waals surface area contributed by atoms with Crippen LogP contribution in [0.4, 0.5) is 0 Å². The molecule has 132 valence electrons. The van der Waals surface area contributed by atoms with Crippen LogP contribution in [0.15, 0.2) is 23.5 Å². The van der Waals surface area contributed by atoms with Crippen molar-refractivity contribution in [2.24, 2.45) is 0 Å². The van der Waals surface area contributed by atoms with Gasteiger partial charge in [0.15, 0.2) is 15.5 Å². The first-order valence-corrected chi connectivity index (χ1v) is 10.2. The summed E-state index contributed by atoms with van der Waals surface area (Å²) in [5.41, 5.74) is 1.39. The maximum atomic E-state index is 11.7. The lowest BCUT2D eigenvalue weighted by atomic mass is 10.2. The van der Waals surface area contributed by atoms with Gasteiger partial charge in [-0.2, -0.15) is 5.10 Å². The highest BCUT2D eigenvalue weighted by atomic mass is 32.2. The molecule has 1 fully saturated rings. The molecule has 0 spiro atoms. The molecule has 1 atom stereocenters. The molecule has 7 nitrogen and oxygen atoms in total. The SMILES string of the molecule is CCCN(Cc1cnc2c(S(C)(=O)=O)cnn2c1)C[C@@H]1CCCO1. The van der Waals surface area contributed by atoms with Gasteiger partial charge in [0.1, 0.15) is 4.90 Å². The Hall–Kier alpha value is -1.51. The Kier molecular flexibility index (Phi) is 5.17. The van der Waals surface area contributed by atoms with E-state index >= 15 is 0 Å². The molecule has 2 aromatic rings. The van der Waals surface area contributed by atoms with Crippen LogP contribution in [0.2, 0.25) is 0 Å². The standard InChI is InChI=1S/C16H24N4O3S/c1-3-6-19(12-14-5-4-7-23-14)10-13-8-17-16-15(24(2,21)22)9-18-20(16)11-13/h8-9,11,14H,3-7,10,12H2,1-2H3/t14-/m0/s1. The van der Waals surface area contributed by atoms with Crippen LogP contribution >= 0.6 is 0 Å². The van der Waals surface area contributed by atoms with Crippen LogP contribution in [-0.4, -0.2) is 60.0 Å². The van der Waals surface area contributed by atoms with Gasteiger partial charge in [0.05, 0.1) is 12.3 Å². The number of rotatable bonds is 7. The van der Waals surface area contributed by atoms with Gasteiger partial charge in [-0.05, 0) is 25.8 Å². The second kappa shape index (κ2) is 7.16. The van der Waals surface area contributed by atoms with E-state index in [1.54, 1.807) is 10.7 Å². The van der Waals surface area contributed by atoms with Gasteiger partial charge in [0, 0.05) is 43.9 Å². The average Bonchev–Trinajstić information content (AvgIpc) is 3.15. The van der Waals surface area contributed by atoms with Gasteiger partial charge in [-0.1, -0.05) is 6.92 Å². The molecular weight excluding hydrogens is 328 g/mol. The van der Waals surface area contributed by atoms with Gasteiger partial charge < -0.3 is 4.74 Å². The molecule has 1 aliphatic heterocycles. The quantitative estimate of drug-likeness (QED) is 0.752. The van der Waals surface area contributed by atoms with Crippen molar-refractivity contribution in [1.29, 1.82) is 0 Å². The molecule has 0 bridgehead atoms. The summed E-state index contributed by atoms with van der Waals surface area (Å²) >= 11 is 0. The summed E-state index contributed by atoms with van der Waals surface area (Å²) in [7, 11) is -3.32. The molecule has 3 heterocycles. The molecule has 8 heteroatoms. The van der Waals surface area contributed by atoms with Crippen molar-refractivity contribution in [3.05, 3.63) is 24.2 Å². The van der Waals surface area contributed by atoms with E-state index in [2.05, 4.69) is 21.9 Å². The van der Waals surface area contributed by atoms with E-state index in [1.807, 2.05) is 6.20 Å². The van der Waals surface area contributed by atoms with Crippen LogP contribution in [0, 0.1) is 0 Å². The molecule has 1 aliphatic rings. The second-order valence-corrected chi connectivity index (χ2v) is 8.37. The van der Waals surface area contributed by atoms with Crippen molar-refractivity contribution in [2.75, 3.05) is 26.0 Å². The Morgan fingerprint density at radius 2 is 2.25 bits per heavy atom. The van der Waals surface area contributed by atoms with Gasteiger partial charge in [-0.15, -0.1) is 0 Å². The zero-order chi connectivity index (χ0) is 17.2. The third kappa shape index (κ3) is 3.93. The van der Waals surface area contributed by atoms with E-state index in [1.165, 1.54) is 12.5 Å². The largest absolute Gasteiger partial charge is 0.377 e. The second-order valence-electron chi connectivity index (χ2n) is 6.38. The molecule has 0 unspecified atom stereocenters. The topological polar surface area (TPSA) is 76.8 Å². The zero-order valence-electron chi connectivity index (χ0n) is 14.2. The molecule has 3 rings (SSSR count). The van der Waals surface area contributed by atoms with Crippen molar-refractivity contribution in [3.8, 4) is 0 Å². The molecule has 1 saturated heterocycles. The minimum atomic E-state index is -3.32. The number of sulfone groups is 1. The van der Waals surface area contributed by atoms with Crippen LogP contribution in [-0.2, 0) is 21.1 Å². The van der Waals surface area contributed by atoms with Crippen molar-refractivity contribution >= 4 is 15.5 Å². The third-order valence-electron chi connectivity index (χ3n) is 4.21. The summed E-state index contributed by atoms with van der Waals surface area (Å²) < 4.78 is 30.7. The monoisotopic (exact) mass is 352 g/mol. The van der Waals surface area contributed by atoms with Gasteiger partial charge in [0.2, 0.25) is 0 Å². The molecular formula is C16H24N4O3S. The molecule has 0 aliphatic carbocycles. The summed E-state index contributed by atoms with van der Waals surface area (Å²) in [6.45, 7) is 5.69. The lowest BCUT2D eigenvalue weighted by molar-refractivity contribution is 0.0705. The van der Waals surface area contributed by atoms with E-state index in [4.69, 9.17) is 4.74 Å². The summed E-state index contributed by atoms with van der Waals surface area (Å²) in [4.78, 5) is 6.84. The van der Waals surface area contributed by atoms with Crippen LogP contribution in [0.5, 0.6) is 0 Å². The Morgan fingerprint density at radius 1 is 1.42 bits per heavy atom. The highest BCUT2D eigenvalue weighted by Gasteiger charge is 2.20. The fourth-order valence-corrected chi connectivity index (χ4v) is 3.84. The normalized spacial score (nSPS) is 18.7. The number of fused-ring (bicyclic) bond motifs is 1. The first-order valence-electron chi connectivity index (χ1n) is 8.33.